The van der Waals surface area contributed by atoms with E-state index in [2.05, 4.69) is 21.5 Å². The largest absolute Gasteiger partial charge is 0.354 e. The van der Waals surface area contributed by atoms with Crippen molar-refractivity contribution in [3.63, 3.8) is 0 Å². The average molecular weight is 262 g/mol. The van der Waals surface area contributed by atoms with E-state index in [0.29, 0.717) is 31.7 Å². The minimum absolute atomic E-state index is 0.156. The molecule has 19 heavy (non-hydrogen) atoms. The van der Waals surface area contributed by atoms with Gasteiger partial charge < -0.3 is 9.84 Å². The summed E-state index contributed by atoms with van der Waals surface area (Å²) < 4.78 is 4.85. The van der Waals surface area contributed by atoms with Crippen LogP contribution in [-0.2, 0) is 11.2 Å². The molecule has 6 nitrogen and oxygen atoms in total. The quantitative estimate of drug-likeness (QED) is 0.832. The Morgan fingerprint density at radius 2 is 2.16 bits per heavy atom. The van der Waals surface area contributed by atoms with Gasteiger partial charge in [-0.15, -0.1) is 0 Å². The number of carbonyl (C=O) groups excluding carboxylic acids is 1. The van der Waals surface area contributed by atoms with Crippen molar-refractivity contribution in [3.8, 4) is 6.07 Å². The SMILES string of the molecule is N#CC1(C(=O)NCCc2ncno2)CCCCCC1. The summed E-state index contributed by atoms with van der Waals surface area (Å²) in [6.45, 7) is 0.421. The second-order valence-electron chi connectivity index (χ2n) is 4.95. The molecule has 0 saturated heterocycles. The number of nitriles is 1. The summed E-state index contributed by atoms with van der Waals surface area (Å²) in [4.78, 5) is 16.1. The smallest absolute Gasteiger partial charge is 0.240 e. The molecule has 1 heterocycles. The van der Waals surface area contributed by atoms with Crippen molar-refractivity contribution >= 4 is 5.91 Å². The Labute approximate surface area is 112 Å². The molecular weight excluding hydrogens is 244 g/mol. The zero-order valence-electron chi connectivity index (χ0n) is 10.9. The number of carbonyl (C=O) groups is 1. The van der Waals surface area contributed by atoms with Gasteiger partial charge in [0.1, 0.15) is 5.41 Å². The van der Waals surface area contributed by atoms with Crippen LogP contribution in [0.4, 0.5) is 0 Å². The van der Waals surface area contributed by atoms with Gasteiger partial charge in [-0.2, -0.15) is 10.2 Å². The van der Waals surface area contributed by atoms with Crippen molar-refractivity contribution < 1.29 is 9.32 Å². The van der Waals surface area contributed by atoms with Gasteiger partial charge >= 0.3 is 0 Å². The highest BCUT2D eigenvalue weighted by atomic mass is 16.5. The Kier molecular flexibility index (Phi) is 4.50. The lowest BCUT2D eigenvalue weighted by atomic mass is 9.81. The molecule has 1 aromatic rings. The predicted molar refractivity (Wildman–Crippen MR) is 66.8 cm³/mol. The van der Waals surface area contributed by atoms with Gasteiger partial charge in [0.05, 0.1) is 6.07 Å². The lowest BCUT2D eigenvalue weighted by molar-refractivity contribution is -0.128. The molecule has 0 unspecified atom stereocenters. The second-order valence-corrected chi connectivity index (χ2v) is 4.95. The number of nitrogens with one attached hydrogen (secondary N) is 1. The van der Waals surface area contributed by atoms with Gasteiger partial charge in [-0.3, -0.25) is 4.79 Å². The summed E-state index contributed by atoms with van der Waals surface area (Å²) >= 11 is 0. The van der Waals surface area contributed by atoms with Gasteiger partial charge in [0, 0.05) is 13.0 Å². The van der Waals surface area contributed by atoms with Crippen LogP contribution in [0.2, 0.25) is 0 Å². The normalized spacial score (nSPS) is 18.3. The first-order valence-electron chi connectivity index (χ1n) is 6.72. The molecule has 1 aromatic heterocycles. The minimum Gasteiger partial charge on any atom is -0.354 e. The van der Waals surface area contributed by atoms with Crippen molar-refractivity contribution in [2.45, 2.75) is 44.9 Å². The number of hydrogen-bond acceptors (Lipinski definition) is 5. The average Bonchev–Trinajstić information content (AvgIpc) is 2.82. The molecule has 0 spiro atoms. The van der Waals surface area contributed by atoms with Crippen LogP contribution in [0, 0.1) is 16.7 Å². The molecule has 0 aliphatic heterocycles. The van der Waals surface area contributed by atoms with Crippen LogP contribution >= 0.6 is 0 Å². The fourth-order valence-corrected chi connectivity index (χ4v) is 2.48. The highest BCUT2D eigenvalue weighted by Gasteiger charge is 2.38. The molecule has 1 aliphatic rings. The number of amides is 1. The van der Waals surface area contributed by atoms with Gasteiger partial charge in [-0.05, 0) is 12.8 Å². The summed E-state index contributed by atoms with van der Waals surface area (Å²) in [5.74, 6) is 0.337. The topological polar surface area (TPSA) is 91.8 Å². The lowest BCUT2D eigenvalue weighted by Crippen LogP contribution is -2.40. The summed E-state index contributed by atoms with van der Waals surface area (Å²) in [5.41, 5.74) is -0.842. The second kappa shape index (κ2) is 6.32. The third kappa shape index (κ3) is 3.31. The van der Waals surface area contributed by atoms with Gasteiger partial charge in [0.15, 0.2) is 6.33 Å². The highest BCUT2D eigenvalue weighted by Crippen LogP contribution is 2.34. The molecule has 1 N–H and O–H groups in total. The van der Waals surface area contributed by atoms with E-state index in [0.717, 1.165) is 25.7 Å². The van der Waals surface area contributed by atoms with Crippen LogP contribution in [0.15, 0.2) is 10.9 Å². The molecule has 0 atom stereocenters. The first kappa shape index (κ1) is 13.5. The van der Waals surface area contributed by atoms with Crippen LogP contribution < -0.4 is 5.32 Å². The van der Waals surface area contributed by atoms with Crippen LogP contribution in [-0.4, -0.2) is 22.6 Å². The maximum absolute atomic E-state index is 12.2. The van der Waals surface area contributed by atoms with Crippen molar-refractivity contribution in [3.05, 3.63) is 12.2 Å². The Morgan fingerprint density at radius 3 is 2.74 bits per heavy atom. The monoisotopic (exact) mass is 262 g/mol. The van der Waals surface area contributed by atoms with E-state index in [1.54, 1.807) is 0 Å². The first-order chi connectivity index (χ1) is 9.27. The summed E-state index contributed by atoms with van der Waals surface area (Å²) in [5, 5.41) is 15.7. The van der Waals surface area contributed by atoms with Crippen LogP contribution in [0.25, 0.3) is 0 Å². The predicted octanol–water partition coefficient (Wildman–Crippen LogP) is 1.59. The maximum atomic E-state index is 12.2. The summed E-state index contributed by atoms with van der Waals surface area (Å²) in [7, 11) is 0. The van der Waals surface area contributed by atoms with E-state index < -0.39 is 5.41 Å². The molecule has 1 amide bonds. The molecular formula is C13H18N4O2. The molecule has 1 fully saturated rings. The van der Waals surface area contributed by atoms with E-state index in [4.69, 9.17) is 4.52 Å². The number of rotatable bonds is 4. The lowest BCUT2D eigenvalue weighted by Gasteiger charge is -2.23. The molecule has 0 aromatic carbocycles. The standard InChI is InChI=1S/C13H18N4O2/c14-9-13(6-3-1-2-4-7-13)12(18)15-8-5-11-16-10-17-19-11/h10H,1-8H2,(H,15,18). The molecule has 0 radical (unpaired) electrons. The van der Waals surface area contributed by atoms with Gasteiger partial charge in [-0.1, -0.05) is 30.8 Å². The molecule has 1 aliphatic carbocycles. The third-order valence-corrected chi connectivity index (χ3v) is 3.64. The van der Waals surface area contributed by atoms with E-state index in [1.807, 2.05) is 0 Å². The van der Waals surface area contributed by atoms with Crippen LogP contribution in [0.3, 0.4) is 0 Å². The van der Waals surface area contributed by atoms with Gasteiger partial charge in [0.2, 0.25) is 11.8 Å². The van der Waals surface area contributed by atoms with E-state index in [9.17, 15) is 10.1 Å². The Balaban J connectivity index is 1.87. The highest BCUT2D eigenvalue weighted by molar-refractivity contribution is 5.85. The number of nitrogens with zero attached hydrogens (tertiary/aromatic N) is 3. The Bertz CT molecular complexity index is 442. The zero-order valence-corrected chi connectivity index (χ0v) is 10.9. The third-order valence-electron chi connectivity index (χ3n) is 3.64. The molecule has 6 heteroatoms. The van der Waals surface area contributed by atoms with Crippen LogP contribution in [0.1, 0.15) is 44.4 Å². The van der Waals surface area contributed by atoms with Crippen molar-refractivity contribution in [1.29, 1.82) is 5.26 Å². The van der Waals surface area contributed by atoms with Crippen LogP contribution in [0.5, 0.6) is 0 Å². The minimum atomic E-state index is -0.842. The van der Waals surface area contributed by atoms with Gasteiger partial charge in [0.25, 0.3) is 0 Å². The van der Waals surface area contributed by atoms with Crippen molar-refractivity contribution in [2.75, 3.05) is 6.54 Å². The molecule has 0 bridgehead atoms. The Morgan fingerprint density at radius 1 is 1.42 bits per heavy atom. The van der Waals surface area contributed by atoms with Crippen molar-refractivity contribution in [2.24, 2.45) is 5.41 Å². The summed E-state index contributed by atoms with van der Waals surface area (Å²) in [6, 6.07) is 2.24. The molecule has 102 valence electrons. The van der Waals surface area contributed by atoms with Crippen molar-refractivity contribution in [1.82, 2.24) is 15.5 Å². The molecule has 2 rings (SSSR count). The zero-order chi connectivity index (χ0) is 13.6. The fraction of sp³-hybridized carbons (Fsp3) is 0.692. The van der Waals surface area contributed by atoms with Gasteiger partial charge in [-0.25, -0.2) is 0 Å². The summed E-state index contributed by atoms with van der Waals surface area (Å²) in [6.07, 6.45) is 7.27. The fourth-order valence-electron chi connectivity index (χ4n) is 2.48. The Hall–Kier alpha value is -1.90. The maximum Gasteiger partial charge on any atom is 0.240 e. The number of hydrogen-bond donors (Lipinski definition) is 1. The molecule has 1 saturated carbocycles. The first-order valence-corrected chi connectivity index (χ1v) is 6.72. The van der Waals surface area contributed by atoms with E-state index in [-0.39, 0.29) is 5.91 Å². The van der Waals surface area contributed by atoms with E-state index >= 15 is 0 Å². The van der Waals surface area contributed by atoms with E-state index in [1.165, 1.54) is 6.33 Å². The number of aromatic nitrogens is 2.